The monoisotopic (exact) mass is 281 g/mol. The number of halogens is 1. The van der Waals surface area contributed by atoms with Gasteiger partial charge in [-0.2, -0.15) is 0 Å². The maximum absolute atomic E-state index is 10.6. The summed E-state index contributed by atoms with van der Waals surface area (Å²) < 4.78 is 1.55. The van der Waals surface area contributed by atoms with Crippen molar-refractivity contribution >= 4 is 17.4 Å². The number of imidazole rings is 1. The fourth-order valence-electron chi connectivity index (χ4n) is 1.74. The third-order valence-corrected chi connectivity index (χ3v) is 3.03. The van der Waals surface area contributed by atoms with Gasteiger partial charge in [-0.1, -0.05) is 23.7 Å². The number of hydrogen-bond acceptors (Lipinski definition) is 4. The lowest BCUT2D eigenvalue weighted by molar-refractivity contribution is -0.389. The van der Waals surface area contributed by atoms with Gasteiger partial charge in [0.1, 0.15) is 6.20 Å². The molecule has 0 radical (unpaired) electrons. The number of aliphatic hydroxyl groups excluding tert-OH is 1. The summed E-state index contributed by atoms with van der Waals surface area (Å²) in [6, 6.07) is 6.80. The van der Waals surface area contributed by atoms with Crippen LogP contribution in [0.25, 0.3) is 0 Å². The molecule has 0 aliphatic carbocycles. The SMILES string of the molecule is Cc1nc([N+](=O)[O-])cn1C[C@@H](O)c1ccc(Cl)cc1. The summed E-state index contributed by atoms with van der Waals surface area (Å²) in [6.07, 6.45) is 0.541. The van der Waals surface area contributed by atoms with Crippen molar-refractivity contribution in [2.45, 2.75) is 19.6 Å². The standard InChI is InChI=1S/C12H12ClN3O3/c1-8-14-12(16(18)19)7-15(8)6-11(17)9-2-4-10(13)5-3-9/h2-5,7,11,17H,6H2,1H3/t11-/m1/s1. The molecule has 0 spiro atoms. The topological polar surface area (TPSA) is 81.2 Å². The molecule has 6 nitrogen and oxygen atoms in total. The zero-order valence-electron chi connectivity index (χ0n) is 10.2. The molecule has 100 valence electrons. The Hall–Kier alpha value is -1.92. The van der Waals surface area contributed by atoms with E-state index in [-0.39, 0.29) is 12.4 Å². The molecule has 2 aromatic rings. The Labute approximate surface area is 114 Å². The van der Waals surface area contributed by atoms with E-state index in [1.54, 1.807) is 35.8 Å². The van der Waals surface area contributed by atoms with Gasteiger partial charge >= 0.3 is 5.82 Å². The number of aliphatic hydroxyl groups is 1. The molecule has 1 aromatic carbocycles. The third kappa shape index (κ3) is 3.10. The Morgan fingerprint density at radius 3 is 2.63 bits per heavy atom. The molecule has 1 heterocycles. The van der Waals surface area contributed by atoms with Crippen LogP contribution in [0.3, 0.4) is 0 Å². The first kappa shape index (κ1) is 13.5. The van der Waals surface area contributed by atoms with Crippen molar-refractivity contribution in [2.24, 2.45) is 0 Å². The molecule has 0 aliphatic rings. The van der Waals surface area contributed by atoms with Crippen LogP contribution in [0.15, 0.2) is 30.5 Å². The number of rotatable bonds is 4. The van der Waals surface area contributed by atoms with Crippen LogP contribution in [0.2, 0.25) is 5.02 Å². The number of nitro groups is 1. The highest BCUT2D eigenvalue weighted by Gasteiger charge is 2.17. The fourth-order valence-corrected chi connectivity index (χ4v) is 1.87. The lowest BCUT2D eigenvalue weighted by Crippen LogP contribution is -2.09. The first-order valence-corrected chi connectivity index (χ1v) is 5.97. The largest absolute Gasteiger partial charge is 0.387 e. The average molecular weight is 282 g/mol. The number of aryl methyl sites for hydroxylation is 1. The predicted octanol–water partition coefficient (Wildman–Crippen LogP) is 2.49. The molecule has 0 unspecified atom stereocenters. The number of hydrogen-bond donors (Lipinski definition) is 1. The first-order valence-electron chi connectivity index (χ1n) is 5.59. The van der Waals surface area contributed by atoms with E-state index < -0.39 is 11.0 Å². The average Bonchev–Trinajstić information content (AvgIpc) is 2.72. The molecule has 0 fully saturated rings. The Morgan fingerprint density at radius 2 is 2.11 bits per heavy atom. The van der Waals surface area contributed by atoms with Crippen molar-refractivity contribution in [3.05, 3.63) is 57.0 Å². The van der Waals surface area contributed by atoms with Gasteiger partial charge in [0, 0.05) is 11.9 Å². The molecule has 0 saturated heterocycles. The van der Waals surface area contributed by atoms with Crippen LogP contribution in [0, 0.1) is 17.0 Å². The second-order valence-corrected chi connectivity index (χ2v) is 4.56. The Bertz CT molecular complexity index is 595. The Kier molecular flexibility index (Phi) is 3.82. The molecular formula is C12H12ClN3O3. The predicted molar refractivity (Wildman–Crippen MR) is 70.0 cm³/mol. The second kappa shape index (κ2) is 5.38. The molecule has 0 saturated carbocycles. The Balaban J connectivity index is 2.16. The van der Waals surface area contributed by atoms with E-state index in [0.29, 0.717) is 16.4 Å². The summed E-state index contributed by atoms with van der Waals surface area (Å²) in [6.45, 7) is 1.86. The first-order chi connectivity index (χ1) is 8.97. The summed E-state index contributed by atoms with van der Waals surface area (Å²) in [5, 5.41) is 21.3. The maximum atomic E-state index is 10.6. The van der Waals surface area contributed by atoms with Crippen LogP contribution in [-0.4, -0.2) is 19.6 Å². The van der Waals surface area contributed by atoms with Crippen LogP contribution >= 0.6 is 11.6 Å². The van der Waals surface area contributed by atoms with Crippen molar-refractivity contribution < 1.29 is 10.0 Å². The smallest absolute Gasteiger partial charge is 0.381 e. The van der Waals surface area contributed by atoms with Crippen molar-refractivity contribution in [1.29, 1.82) is 0 Å². The van der Waals surface area contributed by atoms with Crippen molar-refractivity contribution in [3.8, 4) is 0 Å². The number of nitrogens with zero attached hydrogens (tertiary/aromatic N) is 3. The lowest BCUT2D eigenvalue weighted by atomic mass is 10.1. The molecule has 1 aromatic heterocycles. The number of aromatic nitrogens is 2. The van der Waals surface area contributed by atoms with Crippen LogP contribution in [0.5, 0.6) is 0 Å². The molecule has 19 heavy (non-hydrogen) atoms. The van der Waals surface area contributed by atoms with Crippen molar-refractivity contribution in [1.82, 2.24) is 9.55 Å². The van der Waals surface area contributed by atoms with Gasteiger partial charge in [0.05, 0.1) is 12.6 Å². The minimum atomic E-state index is -0.773. The molecule has 0 bridgehead atoms. The number of benzene rings is 1. The van der Waals surface area contributed by atoms with Gasteiger partial charge in [0.15, 0.2) is 0 Å². The lowest BCUT2D eigenvalue weighted by Gasteiger charge is -2.11. The van der Waals surface area contributed by atoms with Gasteiger partial charge in [-0.05, 0) is 27.6 Å². The van der Waals surface area contributed by atoms with Crippen LogP contribution in [0.4, 0.5) is 5.82 Å². The highest BCUT2D eigenvalue weighted by atomic mass is 35.5. The van der Waals surface area contributed by atoms with Gasteiger partial charge in [-0.25, -0.2) is 0 Å². The van der Waals surface area contributed by atoms with E-state index in [2.05, 4.69) is 4.98 Å². The Morgan fingerprint density at radius 1 is 1.47 bits per heavy atom. The minimum Gasteiger partial charge on any atom is -0.387 e. The summed E-state index contributed by atoms with van der Waals surface area (Å²) in [4.78, 5) is 13.9. The minimum absolute atomic E-state index is 0.203. The zero-order chi connectivity index (χ0) is 14.0. The maximum Gasteiger partial charge on any atom is 0.381 e. The molecule has 0 aliphatic heterocycles. The van der Waals surface area contributed by atoms with E-state index in [1.807, 2.05) is 0 Å². The van der Waals surface area contributed by atoms with Gasteiger partial charge < -0.3 is 19.8 Å². The van der Waals surface area contributed by atoms with E-state index >= 15 is 0 Å². The molecule has 1 atom stereocenters. The van der Waals surface area contributed by atoms with E-state index in [1.165, 1.54) is 6.20 Å². The van der Waals surface area contributed by atoms with Crippen LogP contribution in [0.1, 0.15) is 17.5 Å². The molecule has 0 amide bonds. The second-order valence-electron chi connectivity index (χ2n) is 4.12. The van der Waals surface area contributed by atoms with Crippen molar-refractivity contribution in [3.63, 3.8) is 0 Å². The molecule has 2 rings (SSSR count). The quantitative estimate of drug-likeness (QED) is 0.689. The van der Waals surface area contributed by atoms with Crippen LogP contribution < -0.4 is 0 Å². The van der Waals surface area contributed by atoms with E-state index in [9.17, 15) is 15.2 Å². The van der Waals surface area contributed by atoms with Crippen LogP contribution in [-0.2, 0) is 6.54 Å². The van der Waals surface area contributed by atoms with E-state index in [0.717, 1.165) is 0 Å². The normalized spacial score (nSPS) is 12.4. The highest BCUT2D eigenvalue weighted by molar-refractivity contribution is 6.30. The van der Waals surface area contributed by atoms with Gasteiger partial charge in [-0.15, -0.1) is 0 Å². The fraction of sp³-hybridized carbons (Fsp3) is 0.250. The molecular weight excluding hydrogens is 270 g/mol. The third-order valence-electron chi connectivity index (χ3n) is 2.77. The highest BCUT2D eigenvalue weighted by Crippen LogP contribution is 2.20. The zero-order valence-corrected chi connectivity index (χ0v) is 10.9. The summed E-state index contributed by atoms with van der Waals surface area (Å²) in [5.41, 5.74) is 0.695. The van der Waals surface area contributed by atoms with Crippen molar-refractivity contribution in [2.75, 3.05) is 0 Å². The molecule has 1 N–H and O–H groups in total. The van der Waals surface area contributed by atoms with Gasteiger partial charge in [0.25, 0.3) is 0 Å². The summed E-state index contributed by atoms with van der Waals surface area (Å²) >= 11 is 5.77. The summed E-state index contributed by atoms with van der Waals surface area (Å²) in [7, 11) is 0. The molecule has 7 heteroatoms. The van der Waals surface area contributed by atoms with Gasteiger partial charge in [0.2, 0.25) is 5.82 Å². The van der Waals surface area contributed by atoms with E-state index in [4.69, 9.17) is 11.6 Å². The van der Waals surface area contributed by atoms with Gasteiger partial charge in [-0.3, -0.25) is 0 Å². The summed E-state index contributed by atoms with van der Waals surface area (Å²) in [5.74, 6) is 0.264.